The molecule has 3 nitrogen and oxygen atoms in total. The van der Waals surface area contributed by atoms with E-state index in [-0.39, 0.29) is 5.97 Å². The standard InChI is InChI=1S/C11H13BrClNO2/c1-16-11(15)4-5-14-7-8-2-3-9(13)6-10(8)12/h2-3,6,14H,4-5,7H2,1H3. The highest BCUT2D eigenvalue weighted by atomic mass is 79.9. The molecule has 0 heterocycles. The van der Waals surface area contributed by atoms with Crippen molar-refractivity contribution in [1.82, 2.24) is 5.32 Å². The lowest BCUT2D eigenvalue weighted by Crippen LogP contribution is -2.18. The smallest absolute Gasteiger partial charge is 0.306 e. The van der Waals surface area contributed by atoms with Gasteiger partial charge in [-0.15, -0.1) is 0 Å². The van der Waals surface area contributed by atoms with E-state index in [1.165, 1.54) is 7.11 Å². The fourth-order valence-corrected chi connectivity index (χ4v) is 2.00. The summed E-state index contributed by atoms with van der Waals surface area (Å²) in [4.78, 5) is 10.8. The van der Waals surface area contributed by atoms with Crippen LogP contribution in [0.15, 0.2) is 22.7 Å². The van der Waals surface area contributed by atoms with E-state index in [4.69, 9.17) is 11.6 Å². The normalized spacial score (nSPS) is 10.2. The average Bonchev–Trinajstić information content (AvgIpc) is 2.26. The van der Waals surface area contributed by atoms with Gasteiger partial charge in [0.1, 0.15) is 0 Å². The van der Waals surface area contributed by atoms with Crippen LogP contribution in [-0.2, 0) is 16.1 Å². The Morgan fingerprint density at radius 2 is 2.31 bits per heavy atom. The lowest BCUT2D eigenvalue weighted by molar-refractivity contribution is -0.140. The Bertz CT molecular complexity index is 371. The summed E-state index contributed by atoms with van der Waals surface area (Å²) in [7, 11) is 1.39. The summed E-state index contributed by atoms with van der Waals surface area (Å²) < 4.78 is 5.50. The van der Waals surface area contributed by atoms with Crippen molar-refractivity contribution in [3.63, 3.8) is 0 Å². The van der Waals surface area contributed by atoms with Crippen molar-refractivity contribution in [3.05, 3.63) is 33.3 Å². The van der Waals surface area contributed by atoms with Crippen LogP contribution in [0, 0.1) is 0 Å². The van der Waals surface area contributed by atoms with Gasteiger partial charge in [-0.05, 0) is 17.7 Å². The number of hydrogen-bond donors (Lipinski definition) is 1. The first kappa shape index (κ1) is 13.5. The largest absolute Gasteiger partial charge is 0.469 e. The van der Waals surface area contributed by atoms with Crippen LogP contribution in [0.1, 0.15) is 12.0 Å². The first-order valence-electron chi connectivity index (χ1n) is 4.85. The van der Waals surface area contributed by atoms with Crippen LogP contribution in [0.25, 0.3) is 0 Å². The second kappa shape index (κ2) is 6.89. The molecule has 0 radical (unpaired) electrons. The number of rotatable bonds is 5. The zero-order chi connectivity index (χ0) is 12.0. The minimum atomic E-state index is -0.206. The molecule has 5 heteroatoms. The minimum Gasteiger partial charge on any atom is -0.469 e. The number of carbonyl (C=O) groups is 1. The maximum absolute atomic E-state index is 10.8. The Morgan fingerprint density at radius 3 is 2.94 bits per heavy atom. The van der Waals surface area contributed by atoms with Crippen molar-refractivity contribution in [3.8, 4) is 0 Å². The fourth-order valence-electron chi connectivity index (χ4n) is 1.18. The van der Waals surface area contributed by atoms with Crippen LogP contribution >= 0.6 is 27.5 Å². The van der Waals surface area contributed by atoms with E-state index in [2.05, 4.69) is 26.0 Å². The molecule has 1 aromatic rings. The van der Waals surface area contributed by atoms with Crippen molar-refractivity contribution in [2.24, 2.45) is 0 Å². The van der Waals surface area contributed by atoms with E-state index < -0.39 is 0 Å². The summed E-state index contributed by atoms with van der Waals surface area (Å²) in [5.41, 5.74) is 1.11. The number of hydrogen-bond acceptors (Lipinski definition) is 3. The molecule has 1 N–H and O–H groups in total. The highest BCUT2D eigenvalue weighted by Crippen LogP contribution is 2.21. The Hall–Kier alpha value is -0.580. The van der Waals surface area contributed by atoms with Crippen LogP contribution in [0.2, 0.25) is 5.02 Å². The molecule has 0 fully saturated rings. The molecule has 0 aliphatic rings. The van der Waals surface area contributed by atoms with Crippen LogP contribution in [-0.4, -0.2) is 19.6 Å². The van der Waals surface area contributed by atoms with Gasteiger partial charge in [0.2, 0.25) is 0 Å². The van der Waals surface area contributed by atoms with Crippen molar-refractivity contribution in [2.45, 2.75) is 13.0 Å². The predicted octanol–water partition coefficient (Wildman–Crippen LogP) is 2.76. The van der Waals surface area contributed by atoms with Gasteiger partial charge in [0.05, 0.1) is 13.5 Å². The first-order chi connectivity index (χ1) is 7.63. The first-order valence-corrected chi connectivity index (χ1v) is 6.02. The second-order valence-electron chi connectivity index (χ2n) is 3.24. The number of methoxy groups -OCH3 is 1. The third-order valence-corrected chi connectivity index (χ3v) is 3.04. The predicted molar refractivity (Wildman–Crippen MR) is 67.5 cm³/mol. The van der Waals surface area contributed by atoms with E-state index in [0.29, 0.717) is 24.5 Å². The molecule has 0 aliphatic carbocycles. The maximum Gasteiger partial charge on any atom is 0.306 e. The molecule has 1 aromatic carbocycles. The van der Waals surface area contributed by atoms with Gasteiger partial charge in [-0.1, -0.05) is 33.6 Å². The van der Waals surface area contributed by atoms with Gasteiger partial charge in [0.15, 0.2) is 0 Å². The van der Waals surface area contributed by atoms with Crippen molar-refractivity contribution in [1.29, 1.82) is 0 Å². The summed E-state index contributed by atoms with van der Waals surface area (Å²) in [6.45, 7) is 1.29. The molecule has 0 unspecified atom stereocenters. The Labute approximate surface area is 108 Å². The van der Waals surface area contributed by atoms with Gasteiger partial charge in [0, 0.05) is 22.6 Å². The van der Waals surface area contributed by atoms with E-state index in [0.717, 1.165) is 10.0 Å². The molecule has 0 spiro atoms. The molecule has 0 atom stereocenters. The Balaban J connectivity index is 2.35. The molecule has 1 rings (SSSR count). The molecule has 0 saturated heterocycles. The van der Waals surface area contributed by atoms with Crippen molar-refractivity contribution in [2.75, 3.05) is 13.7 Å². The number of ether oxygens (including phenoxy) is 1. The molecule has 0 aliphatic heterocycles. The molecular weight excluding hydrogens is 293 g/mol. The molecule has 0 saturated carbocycles. The zero-order valence-electron chi connectivity index (χ0n) is 8.93. The van der Waals surface area contributed by atoms with E-state index in [1.807, 2.05) is 18.2 Å². The third kappa shape index (κ3) is 4.51. The molecule has 0 aromatic heterocycles. The lowest BCUT2D eigenvalue weighted by Gasteiger charge is -2.06. The number of nitrogens with one attached hydrogen (secondary N) is 1. The van der Waals surface area contributed by atoms with E-state index in [9.17, 15) is 4.79 Å². The molecule has 16 heavy (non-hydrogen) atoms. The quantitative estimate of drug-likeness (QED) is 0.671. The Morgan fingerprint density at radius 1 is 1.56 bits per heavy atom. The molecule has 0 bridgehead atoms. The van der Waals surface area contributed by atoms with Crippen LogP contribution in [0.4, 0.5) is 0 Å². The van der Waals surface area contributed by atoms with Gasteiger partial charge < -0.3 is 10.1 Å². The summed E-state index contributed by atoms with van der Waals surface area (Å²) in [6, 6.07) is 5.63. The number of halogens is 2. The van der Waals surface area contributed by atoms with Gasteiger partial charge in [-0.25, -0.2) is 0 Å². The monoisotopic (exact) mass is 305 g/mol. The minimum absolute atomic E-state index is 0.206. The lowest BCUT2D eigenvalue weighted by atomic mass is 10.2. The fraction of sp³-hybridized carbons (Fsp3) is 0.364. The summed E-state index contributed by atoms with van der Waals surface area (Å²) in [5.74, 6) is -0.206. The zero-order valence-corrected chi connectivity index (χ0v) is 11.3. The average molecular weight is 307 g/mol. The summed E-state index contributed by atoms with van der Waals surface area (Å²) >= 11 is 9.25. The molecular formula is C11H13BrClNO2. The van der Waals surface area contributed by atoms with Gasteiger partial charge in [-0.2, -0.15) is 0 Å². The third-order valence-electron chi connectivity index (χ3n) is 2.06. The highest BCUT2D eigenvalue weighted by molar-refractivity contribution is 9.10. The maximum atomic E-state index is 10.8. The van der Waals surface area contributed by atoms with Gasteiger partial charge >= 0.3 is 5.97 Å². The van der Waals surface area contributed by atoms with E-state index in [1.54, 1.807) is 0 Å². The van der Waals surface area contributed by atoms with Crippen LogP contribution in [0.3, 0.4) is 0 Å². The number of benzene rings is 1. The van der Waals surface area contributed by atoms with Crippen LogP contribution < -0.4 is 5.32 Å². The van der Waals surface area contributed by atoms with Crippen LogP contribution in [0.5, 0.6) is 0 Å². The van der Waals surface area contributed by atoms with Crippen molar-refractivity contribution >= 4 is 33.5 Å². The van der Waals surface area contributed by atoms with E-state index >= 15 is 0 Å². The SMILES string of the molecule is COC(=O)CCNCc1ccc(Cl)cc1Br. The molecule has 0 amide bonds. The second-order valence-corrected chi connectivity index (χ2v) is 4.53. The summed E-state index contributed by atoms with van der Waals surface area (Å²) in [5, 5.41) is 3.85. The highest BCUT2D eigenvalue weighted by Gasteiger charge is 2.02. The molecule has 88 valence electrons. The van der Waals surface area contributed by atoms with Crippen molar-refractivity contribution < 1.29 is 9.53 Å². The van der Waals surface area contributed by atoms with Gasteiger partial charge in [-0.3, -0.25) is 4.79 Å². The number of carbonyl (C=O) groups excluding carboxylic acids is 1. The Kier molecular flexibility index (Phi) is 5.80. The van der Waals surface area contributed by atoms with Gasteiger partial charge in [0.25, 0.3) is 0 Å². The summed E-state index contributed by atoms with van der Waals surface area (Å²) in [6.07, 6.45) is 0.377. The number of esters is 1. The topological polar surface area (TPSA) is 38.3 Å².